The molecular formula is C10H15N3OS2. The SMILES string of the molecule is CO[C@H]1CSC2(C1)CN(c1nnc(C)s1)C2. The molecule has 1 aromatic rings. The van der Waals surface area contributed by atoms with Crippen LogP contribution in [-0.2, 0) is 4.74 Å². The first-order valence-electron chi connectivity index (χ1n) is 5.43. The van der Waals surface area contributed by atoms with E-state index < -0.39 is 0 Å². The fourth-order valence-corrected chi connectivity index (χ4v) is 4.65. The average molecular weight is 257 g/mol. The number of anilines is 1. The summed E-state index contributed by atoms with van der Waals surface area (Å²) in [7, 11) is 1.81. The number of hydrogen-bond acceptors (Lipinski definition) is 6. The maximum atomic E-state index is 5.42. The van der Waals surface area contributed by atoms with Gasteiger partial charge in [0.15, 0.2) is 0 Å². The smallest absolute Gasteiger partial charge is 0.208 e. The summed E-state index contributed by atoms with van der Waals surface area (Å²) in [4.78, 5) is 2.33. The summed E-state index contributed by atoms with van der Waals surface area (Å²) in [5.74, 6) is 1.14. The first-order chi connectivity index (χ1) is 7.71. The molecule has 4 nitrogen and oxygen atoms in total. The lowest BCUT2D eigenvalue weighted by Crippen LogP contribution is -2.59. The van der Waals surface area contributed by atoms with Gasteiger partial charge in [0.2, 0.25) is 5.13 Å². The molecule has 2 saturated heterocycles. The van der Waals surface area contributed by atoms with E-state index in [0.717, 1.165) is 29.0 Å². The van der Waals surface area contributed by atoms with Crippen LogP contribution in [0.25, 0.3) is 0 Å². The zero-order valence-electron chi connectivity index (χ0n) is 9.47. The van der Waals surface area contributed by atoms with Crippen LogP contribution in [-0.4, -0.2) is 47.0 Å². The van der Waals surface area contributed by atoms with Crippen LogP contribution in [0.4, 0.5) is 5.13 Å². The van der Waals surface area contributed by atoms with Gasteiger partial charge in [-0.05, 0) is 13.3 Å². The average Bonchev–Trinajstić information content (AvgIpc) is 2.81. The molecule has 1 aromatic heterocycles. The van der Waals surface area contributed by atoms with Crippen molar-refractivity contribution in [3.05, 3.63) is 5.01 Å². The molecule has 1 spiro atoms. The van der Waals surface area contributed by atoms with Crippen LogP contribution in [0.1, 0.15) is 11.4 Å². The summed E-state index contributed by atoms with van der Waals surface area (Å²) < 4.78 is 5.85. The highest BCUT2D eigenvalue weighted by molar-refractivity contribution is 8.01. The van der Waals surface area contributed by atoms with Crippen molar-refractivity contribution >= 4 is 28.2 Å². The van der Waals surface area contributed by atoms with Gasteiger partial charge in [0, 0.05) is 26.0 Å². The number of thioether (sulfide) groups is 1. The van der Waals surface area contributed by atoms with Crippen LogP contribution in [0, 0.1) is 6.92 Å². The van der Waals surface area contributed by atoms with Crippen molar-refractivity contribution in [2.75, 3.05) is 30.9 Å². The third kappa shape index (κ3) is 1.72. The van der Waals surface area contributed by atoms with E-state index in [1.54, 1.807) is 11.3 Å². The Labute approximate surface area is 103 Å². The van der Waals surface area contributed by atoms with Crippen LogP contribution >= 0.6 is 23.1 Å². The van der Waals surface area contributed by atoms with Gasteiger partial charge in [-0.2, -0.15) is 0 Å². The van der Waals surface area contributed by atoms with Gasteiger partial charge in [-0.15, -0.1) is 22.0 Å². The van der Waals surface area contributed by atoms with Crippen LogP contribution in [0.2, 0.25) is 0 Å². The van der Waals surface area contributed by atoms with Crippen molar-refractivity contribution in [1.29, 1.82) is 0 Å². The van der Waals surface area contributed by atoms with E-state index >= 15 is 0 Å². The summed E-state index contributed by atoms with van der Waals surface area (Å²) in [6, 6.07) is 0. The Morgan fingerprint density at radius 1 is 1.44 bits per heavy atom. The first kappa shape index (κ1) is 10.8. The number of methoxy groups -OCH3 is 1. The van der Waals surface area contributed by atoms with E-state index in [9.17, 15) is 0 Å². The zero-order valence-corrected chi connectivity index (χ0v) is 11.1. The molecule has 3 heterocycles. The minimum atomic E-state index is 0.431. The Kier molecular flexibility index (Phi) is 2.60. The molecule has 0 amide bonds. The number of rotatable bonds is 2. The van der Waals surface area contributed by atoms with E-state index in [0.29, 0.717) is 10.9 Å². The maximum Gasteiger partial charge on any atom is 0.208 e. The standard InChI is InChI=1S/C10H15N3OS2/c1-7-11-12-9(16-7)13-5-10(6-13)3-8(14-2)4-15-10/h8H,3-6H2,1-2H3/t8-/m1/s1. The van der Waals surface area contributed by atoms with Gasteiger partial charge in [-0.3, -0.25) is 0 Å². The topological polar surface area (TPSA) is 38.2 Å². The molecule has 2 aliphatic rings. The van der Waals surface area contributed by atoms with Gasteiger partial charge in [0.25, 0.3) is 0 Å². The molecule has 0 aromatic carbocycles. The minimum Gasteiger partial charge on any atom is -0.381 e. The van der Waals surface area contributed by atoms with E-state index in [1.807, 2.05) is 14.0 Å². The molecule has 6 heteroatoms. The van der Waals surface area contributed by atoms with Crippen molar-refractivity contribution in [2.45, 2.75) is 24.2 Å². The molecule has 0 radical (unpaired) electrons. The van der Waals surface area contributed by atoms with E-state index in [2.05, 4.69) is 26.9 Å². The Bertz CT molecular complexity index is 389. The third-order valence-corrected chi connectivity index (χ3v) is 5.73. The van der Waals surface area contributed by atoms with Gasteiger partial charge in [0.05, 0.1) is 10.9 Å². The molecule has 2 aliphatic heterocycles. The van der Waals surface area contributed by atoms with Crippen molar-refractivity contribution in [1.82, 2.24) is 10.2 Å². The molecule has 0 N–H and O–H groups in total. The van der Waals surface area contributed by atoms with E-state index in [-0.39, 0.29) is 0 Å². The molecule has 0 saturated carbocycles. The minimum absolute atomic E-state index is 0.431. The number of aryl methyl sites for hydroxylation is 1. The summed E-state index contributed by atoms with van der Waals surface area (Å²) >= 11 is 3.74. The predicted molar refractivity (Wildman–Crippen MR) is 67.5 cm³/mol. The largest absolute Gasteiger partial charge is 0.381 e. The predicted octanol–water partition coefficient (Wildman–Crippen LogP) is 1.56. The van der Waals surface area contributed by atoms with Crippen molar-refractivity contribution in [3.63, 3.8) is 0 Å². The Morgan fingerprint density at radius 3 is 2.81 bits per heavy atom. The lowest BCUT2D eigenvalue weighted by Gasteiger charge is -2.47. The van der Waals surface area contributed by atoms with Gasteiger partial charge >= 0.3 is 0 Å². The van der Waals surface area contributed by atoms with E-state index in [1.165, 1.54) is 6.42 Å². The maximum absolute atomic E-state index is 5.42. The quantitative estimate of drug-likeness (QED) is 0.804. The van der Waals surface area contributed by atoms with Gasteiger partial charge in [-0.1, -0.05) is 11.3 Å². The molecule has 3 rings (SSSR count). The molecule has 2 fully saturated rings. The Morgan fingerprint density at radius 2 is 2.25 bits per heavy atom. The molecule has 88 valence electrons. The van der Waals surface area contributed by atoms with Gasteiger partial charge in [-0.25, -0.2) is 0 Å². The van der Waals surface area contributed by atoms with Gasteiger partial charge < -0.3 is 9.64 Å². The number of nitrogens with zero attached hydrogens (tertiary/aromatic N) is 3. The summed E-state index contributed by atoms with van der Waals surface area (Å²) in [6.45, 7) is 4.21. The zero-order chi connectivity index (χ0) is 11.2. The second kappa shape index (κ2) is 3.85. The second-order valence-corrected chi connectivity index (χ2v) is 7.16. The highest BCUT2D eigenvalue weighted by Gasteiger charge is 2.50. The van der Waals surface area contributed by atoms with Gasteiger partial charge in [0.1, 0.15) is 5.01 Å². The molecule has 0 bridgehead atoms. The summed E-state index contributed by atoms with van der Waals surface area (Å²) in [5, 5.41) is 10.4. The Balaban J connectivity index is 1.62. The van der Waals surface area contributed by atoms with Crippen LogP contribution in [0.15, 0.2) is 0 Å². The van der Waals surface area contributed by atoms with E-state index in [4.69, 9.17) is 4.74 Å². The van der Waals surface area contributed by atoms with Crippen LogP contribution < -0.4 is 4.90 Å². The molecular weight excluding hydrogens is 242 g/mol. The lowest BCUT2D eigenvalue weighted by atomic mass is 9.93. The summed E-state index contributed by atoms with van der Waals surface area (Å²) in [5.41, 5.74) is 0. The second-order valence-electron chi connectivity index (χ2n) is 4.52. The molecule has 0 aliphatic carbocycles. The normalized spacial score (nSPS) is 27.4. The third-order valence-electron chi connectivity index (χ3n) is 3.25. The first-order valence-corrected chi connectivity index (χ1v) is 7.23. The number of hydrogen-bond donors (Lipinski definition) is 0. The highest BCUT2D eigenvalue weighted by atomic mass is 32.2. The van der Waals surface area contributed by atoms with Crippen molar-refractivity contribution in [3.8, 4) is 0 Å². The van der Waals surface area contributed by atoms with Crippen LogP contribution in [0.5, 0.6) is 0 Å². The van der Waals surface area contributed by atoms with Crippen molar-refractivity contribution in [2.24, 2.45) is 0 Å². The van der Waals surface area contributed by atoms with Crippen LogP contribution in [0.3, 0.4) is 0 Å². The van der Waals surface area contributed by atoms with Crippen molar-refractivity contribution < 1.29 is 4.74 Å². The highest BCUT2D eigenvalue weighted by Crippen LogP contribution is 2.47. The number of aromatic nitrogens is 2. The number of ether oxygens (including phenoxy) is 1. The Hall–Kier alpha value is -0.330. The molecule has 1 atom stereocenters. The monoisotopic (exact) mass is 257 g/mol. The molecule has 16 heavy (non-hydrogen) atoms. The molecule has 0 unspecified atom stereocenters. The lowest BCUT2D eigenvalue weighted by molar-refractivity contribution is 0.109. The fraction of sp³-hybridized carbons (Fsp3) is 0.800. The summed E-state index contributed by atoms with van der Waals surface area (Å²) in [6.07, 6.45) is 1.63. The fourth-order valence-electron chi connectivity index (χ4n) is 2.37.